The Morgan fingerprint density at radius 3 is 2.38 bits per heavy atom. The van der Waals surface area contributed by atoms with Crippen molar-refractivity contribution in [1.82, 2.24) is 10.3 Å². The van der Waals surface area contributed by atoms with E-state index in [1.807, 2.05) is 0 Å². The van der Waals surface area contributed by atoms with Gasteiger partial charge in [0.25, 0.3) is 0 Å². The van der Waals surface area contributed by atoms with Crippen LogP contribution in [0, 0.1) is 5.82 Å². The molecule has 0 bridgehead atoms. The minimum absolute atomic E-state index is 0.166. The zero-order chi connectivity index (χ0) is 22.9. The van der Waals surface area contributed by atoms with E-state index in [1.165, 1.54) is 12.1 Å². The van der Waals surface area contributed by atoms with E-state index in [2.05, 4.69) is 20.6 Å². The monoisotopic (exact) mass is 438 g/mol. The smallest absolute Gasteiger partial charge is 0.322 e. The third kappa shape index (κ3) is 5.94. The molecule has 32 heavy (non-hydrogen) atoms. The normalized spacial score (nSPS) is 11.0. The number of nitrogens with one attached hydrogen (secondary N) is 2. The Morgan fingerprint density at radius 2 is 1.75 bits per heavy atom. The van der Waals surface area contributed by atoms with E-state index in [1.54, 1.807) is 62.9 Å². The predicted molar refractivity (Wildman–Crippen MR) is 120 cm³/mol. The minimum atomic E-state index is -1.04. The van der Waals surface area contributed by atoms with E-state index in [4.69, 9.17) is 14.6 Å². The number of ether oxygens (including phenoxy) is 2. The maximum absolute atomic E-state index is 13.2. The molecule has 0 atom stereocenters. The molecule has 0 fully saturated rings. The number of benzene rings is 2. The number of anilines is 1. The average molecular weight is 438 g/mol. The Kier molecular flexibility index (Phi) is 7.58. The fraction of sp³-hybridized carbons (Fsp3) is 0.174. The first-order chi connectivity index (χ1) is 15.5. The van der Waals surface area contributed by atoms with Crippen LogP contribution in [0.25, 0.3) is 11.1 Å². The molecule has 0 saturated heterocycles. The summed E-state index contributed by atoms with van der Waals surface area (Å²) in [5.41, 5.74) is 2.33. The summed E-state index contributed by atoms with van der Waals surface area (Å²) in [7, 11) is 3.10. The molecule has 0 saturated carbocycles. The number of rotatable bonds is 8. The Morgan fingerprint density at radius 1 is 1.06 bits per heavy atom. The minimum Gasteiger partial charge on any atom is -0.496 e. The molecule has 166 valence electrons. The van der Waals surface area contributed by atoms with Crippen molar-refractivity contribution in [1.29, 1.82) is 0 Å². The maximum atomic E-state index is 13.2. The lowest BCUT2D eigenvalue weighted by Gasteiger charge is -2.14. The van der Waals surface area contributed by atoms with Crippen molar-refractivity contribution in [3.63, 3.8) is 0 Å². The van der Waals surface area contributed by atoms with Crippen molar-refractivity contribution in [2.24, 2.45) is 4.99 Å². The molecule has 0 amide bonds. The van der Waals surface area contributed by atoms with Crippen molar-refractivity contribution in [3.8, 4) is 22.6 Å². The summed E-state index contributed by atoms with van der Waals surface area (Å²) < 4.78 is 24.0. The number of nitrogens with zero attached hydrogens (tertiary/aromatic N) is 2. The van der Waals surface area contributed by atoms with Gasteiger partial charge in [-0.05, 0) is 47.5 Å². The summed E-state index contributed by atoms with van der Waals surface area (Å²) in [4.78, 5) is 19.8. The third-order valence-corrected chi connectivity index (χ3v) is 4.52. The van der Waals surface area contributed by atoms with Gasteiger partial charge in [0.2, 0.25) is 0 Å². The van der Waals surface area contributed by atoms with Crippen LogP contribution in [0.5, 0.6) is 11.5 Å². The maximum Gasteiger partial charge on any atom is 0.322 e. The van der Waals surface area contributed by atoms with Crippen molar-refractivity contribution < 1.29 is 23.8 Å². The van der Waals surface area contributed by atoms with E-state index in [0.29, 0.717) is 22.9 Å². The van der Waals surface area contributed by atoms with Gasteiger partial charge in [-0.1, -0.05) is 18.2 Å². The van der Waals surface area contributed by atoms with Crippen molar-refractivity contribution in [3.05, 3.63) is 72.2 Å². The molecule has 3 N–H and O–H groups in total. The van der Waals surface area contributed by atoms with Gasteiger partial charge in [0, 0.05) is 6.20 Å². The Labute approximate surface area is 184 Å². The third-order valence-electron chi connectivity index (χ3n) is 4.52. The highest BCUT2D eigenvalue weighted by molar-refractivity contribution is 5.95. The number of hydrogen-bond acceptors (Lipinski definition) is 5. The molecule has 0 spiro atoms. The molecule has 0 aliphatic heterocycles. The number of carboxylic acids is 1. The number of hydrogen-bond donors (Lipinski definition) is 3. The second-order valence-corrected chi connectivity index (χ2v) is 6.61. The molecule has 1 heterocycles. The Balaban J connectivity index is 1.86. The van der Waals surface area contributed by atoms with Crippen LogP contribution in [0.4, 0.5) is 10.2 Å². The quantitative estimate of drug-likeness (QED) is 0.365. The number of aliphatic imine (C=N–C) groups is 1. The zero-order valence-corrected chi connectivity index (χ0v) is 17.6. The Bertz CT molecular complexity index is 1080. The molecular formula is C23H23FN4O4. The number of aliphatic carboxylic acids is 1. The molecule has 0 radical (unpaired) electrons. The molecule has 8 nitrogen and oxygen atoms in total. The first-order valence-corrected chi connectivity index (χ1v) is 9.69. The van der Waals surface area contributed by atoms with Crippen LogP contribution in [0.15, 0.2) is 65.8 Å². The lowest BCUT2D eigenvalue weighted by atomic mass is 10.1. The van der Waals surface area contributed by atoms with Gasteiger partial charge < -0.3 is 25.2 Å². The van der Waals surface area contributed by atoms with Gasteiger partial charge in [0.05, 0.1) is 26.3 Å². The largest absolute Gasteiger partial charge is 0.496 e. The van der Waals surface area contributed by atoms with Gasteiger partial charge in [-0.2, -0.15) is 0 Å². The van der Waals surface area contributed by atoms with Crippen LogP contribution >= 0.6 is 0 Å². The Hall–Kier alpha value is -4.14. The van der Waals surface area contributed by atoms with E-state index in [9.17, 15) is 9.18 Å². The summed E-state index contributed by atoms with van der Waals surface area (Å²) in [6.45, 7) is -0.174. The summed E-state index contributed by atoms with van der Waals surface area (Å²) in [6.07, 6.45) is 1.60. The number of methoxy groups -OCH3 is 2. The molecular weight excluding hydrogens is 415 g/mol. The predicted octanol–water partition coefficient (Wildman–Crippen LogP) is 3.55. The zero-order valence-electron chi connectivity index (χ0n) is 17.6. The first kappa shape index (κ1) is 22.5. The van der Waals surface area contributed by atoms with Crippen LogP contribution in [0.3, 0.4) is 0 Å². The highest BCUT2D eigenvalue weighted by Crippen LogP contribution is 2.29. The van der Waals surface area contributed by atoms with Gasteiger partial charge in [0.15, 0.2) is 5.96 Å². The first-order valence-electron chi connectivity index (χ1n) is 9.69. The highest BCUT2D eigenvalue weighted by atomic mass is 19.1. The van der Waals surface area contributed by atoms with Gasteiger partial charge in [-0.3, -0.25) is 4.79 Å². The number of carboxylic acid groups (broad SMARTS) is 1. The molecule has 0 unspecified atom stereocenters. The summed E-state index contributed by atoms with van der Waals surface area (Å²) >= 11 is 0. The average Bonchev–Trinajstić information content (AvgIpc) is 2.81. The van der Waals surface area contributed by atoms with E-state index >= 15 is 0 Å². The van der Waals surface area contributed by atoms with Crippen molar-refractivity contribution >= 4 is 17.7 Å². The van der Waals surface area contributed by atoms with Gasteiger partial charge in [0.1, 0.15) is 29.7 Å². The van der Waals surface area contributed by atoms with Gasteiger partial charge in [-0.25, -0.2) is 14.4 Å². The molecule has 9 heteroatoms. The number of aromatic nitrogens is 1. The fourth-order valence-electron chi connectivity index (χ4n) is 2.98. The van der Waals surface area contributed by atoms with Gasteiger partial charge in [-0.15, -0.1) is 0 Å². The van der Waals surface area contributed by atoms with Crippen LogP contribution in [0.2, 0.25) is 0 Å². The summed E-state index contributed by atoms with van der Waals surface area (Å²) in [6, 6.07) is 15.0. The summed E-state index contributed by atoms with van der Waals surface area (Å²) in [5.74, 6) is 0.492. The van der Waals surface area contributed by atoms with Crippen molar-refractivity contribution in [2.75, 3.05) is 26.1 Å². The SMILES string of the molecule is COc1cccc(OC)c1CN=C(NCC(=O)O)Nc1cc(-c2ccc(F)cc2)ccn1. The van der Waals surface area contributed by atoms with Crippen molar-refractivity contribution in [2.45, 2.75) is 6.54 Å². The van der Waals surface area contributed by atoms with Crippen LogP contribution in [-0.2, 0) is 11.3 Å². The summed E-state index contributed by atoms with van der Waals surface area (Å²) in [5, 5.41) is 14.8. The number of halogens is 1. The fourth-order valence-corrected chi connectivity index (χ4v) is 2.98. The lowest BCUT2D eigenvalue weighted by Crippen LogP contribution is -2.35. The number of guanidine groups is 1. The topological polar surface area (TPSA) is 105 Å². The number of carbonyl (C=O) groups is 1. The molecule has 0 aliphatic carbocycles. The lowest BCUT2D eigenvalue weighted by molar-refractivity contribution is -0.135. The van der Waals surface area contributed by atoms with E-state index < -0.39 is 5.97 Å². The molecule has 0 aliphatic rings. The second-order valence-electron chi connectivity index (χ2n) is 6.61. The van der Waals surface area contributed by atoms with Crippen LogP contribution in [-0.4, -0.2) is 42.8 Å². The molecule has 3 rings (SSSR count). The van der Waals surface area contributed by atoms with Gasteiger partial charge >= 0.3 is 5.97 Å². The van der Waals surface area contributed by atoms with Crippen LogP contribution in [0.1, 0.15) is 5.56 Å². The molecule has 1 aromatic heterocycles. The van der Waals surface area contributed by atoms with E-state index in [0.717, 1.165) is 11.1 Å². The molecule has 2 aromatic carbocycles. The second kappa shape index (κ2) is 10.8. The van der Waals surface area contributed by atoms with Crippen LogP contribution < -0.4 is 20.1 Å². The standard InChI is InChI=1S/C23H23FN4O4/c1-31-19-4-3-5-20(32-2)18(19)13-26-23(27-14-22(29)30)28-21-12-16(10-11-25-21)15-6-8-17(24)9-7-15/h3-12H,13-14H2,1-2H3,(H,29,30)(H2,25,26,27,28). The molecule has 3 aromatic rings. The van der Waals surface area contributed by atoms with E-state index in [-0.39, 0.29) is 24.9 Å². The number of pyridine rings is 1. The highest BCUT2D eigenvalue weighted by Gasteiger charge is 2.11.